The molecule has 0 atom stereocenters. The second-order valence-electron chi connectivity index (χ2n) is 5.00. The van der Waals surface area contributed by atoms with E-state index in [-0.39, 0.29) is 11.1 Å². The summed E-state index contributed by atoms with van der Waals surface area (Å²) < 4.78 is 28.7. The topological polar surface area (TPSA) is 66.7 Å². The molecule has 20 heavy (non-hydrogen) atoms. The summed E-state index contributed by atoms with van der Waals surface area (Å²) in [6.45, 7) is 2.75. The summed E-state index contributed by atoms with van der Waals surface area (Å²) in [7, 11) is -1.86. The maximum absolute atomic E-state index is 12.8. The van der Waals surface area contributed by atoms with Crippen LogP contribution in [0, 0.1) is 0 Å². The van der Waals surface area contributed by atoms with Crippen LogP contribution in [0.4, 0.5) is 5.82 Å². The summed E-state index contributed by atoms with van der Waals surface area (Å²) >= 11 is 1.44. The second-order valence-corrected chi connectivity index (χ2v) is 7.79. The molecule has 1 fully saturated rings. The van der Waals surface area contributed by atoms with Crippen LogP contribution in [-0.4, -0.2) is 41.7 Å². The fraction of sp³-hybridized carbons (Fsp3) is 0.583. The molecule has 0 unspecified atom stereocenters. The van der Waals surface area contributed by atoms with E-state index >= 15 is 0 Å². The minimum Gasteiger partial charge on any atom is -0.368 e. The van der Waals surface area contributed by atoms with Crippen LogP contribution in [0.25, 0.3) is 4.96 Å². The van der Waals surface area contributed by atoms with Crippen molar-refractivity contribution < 1.29 is 8.42 Å². The third-order valence-corrected chi connectivity index (χ3v) is 6.14. The maximum Gasteiger partial charge on any atom is 0.262 e. The molecule has 0 amide bonds. The Kier molecular flexibility index (Phi) is 3.47. The van der Waals surface area contributed by atoms with Crippen LogP contribution in [0.2, 0.25) is 0 Å². The normalized spacial score (nSPS) is 16.1. The third kappa shape index (κ3) is 2.21. The first-order chi connectivity index (χ1) is 9.55. The number of rotatable bonds is 6. The third-order valence-electron chi connectivity index (χ3n) is 3.45. The molecule has 1 saturated carbocycles. The van der Waals surface area contributed by atoms with E-state index in [9.17, 15) is 8.42 Å². The summed E-state index contributed by atoms with van der Waals surface area (Å²) in [5, 5.41) is 5.24. The predicted octanol–water partition coefficient (Wildman–Crippen LogP) is 2.00. The van der Waals surface area contributed by atoms with Crippen molar-refractivity contribution in [1.29, 1.82) is 0 Å². The van der Waals surface area contributed by atoms with Crippen LogP contribution >= 0.6 is 11.3 Å². The lowest BCUT2D eigenvalue weighted by atomic mass is 10.5. The number of nitrogens with one attached hydrogen (secondary N) is 1. The summed E-state index contributed by atoms with van der Waals surface area (Å²) in [6, 6.07) is 0.142. The van der Waals surface area contributed by atoms with Gasteiger partial charge in [-0.15, -0.1) is 11.3 Å². The summed E-state index contributed by atoms with van der Waals surface area (Å²) in [6.07, 6.45) is 4.57. The molecular formula is C12H18N4O2S2. The highest BCUT2D eigenvalue weighted by atomic mass is 32.2. The van der Waals surface area contributed by atoms with Gasteiger partial charge in [-0.2, -0.15) is 4.31 Å². The van der Waals surface area contributed by atoms with E-state index in [0.29, 0.717) is 17.3 Å². The zero-order valence-electron chi connectivity index (χ0n) is 11.5. The number of hydrogen-bond acceptors (Lipinski definition) is 5. The Labute approximate surface area is 122 Å². The fourth-order valence-electron chi connectivity index (χ4n) is 2.14. The number of thiazole rings is 1. The number of anilines is 1. The first-order valence-corrected chi connectivity index (χ1v) is 9.05. The zero-order chi connectivity index (χ0) is 14.3. The van der Waals surface area contributed by atoms with Crippen molar-refractivity contribution in [3.8, 4) is 0 Å². The average Bonchev–Trinajstić information content (AvgIpc) is 3.05. The highest BCUT2D eigenvalue weighted by molar-refractivity contribution is 7.89. The average molecular weight is 314 g/mol. The molecule has 2 aromatic heterocycles. The number of hydrogen-bond donors (Lipinski definition) is 1. The number of sulfonamides is 1. The van der Waals surface area contributed by atoms with Crippen molar-refractivity contribution in [2.75, 3.05) is 18.9 Å². The Morgan fingerprint density at radius 2 is 2.30 bits per heavy atom. The van der Waals surface area contributed by atoms with Gasteiger partial charge >= 0.3 is 0 Å². The van der Waals surface area contributed by atoms with Crippen molar-refractivity contribution in [2.45, 2.75) is 37.3 Å². The molecule has 110 valence electrons. The first kappa shape index (κ1) is 13.8. The van der Waals surface area contributed by atoms with E-state index in [0.717, 1.165) is 19.3 Å². The van der Waals surface area contributed by atoms with Gasteiger partial charge in [-0.05, 0) is 19.3 Å². The molecule has 1 aliphatic rings. The number of aromatic nitrogens is 2. The Morgan fingerprint density at radius 1 is 1.55 bits per heavy atom. The van der Waals surface area contributed by atoms with E-state index in [4.69, 9.17) is 0 Å². The second kappa shape index (κ2) is 5.01. The zero-order valence-corrected chi connectivity index (χ0v) is 13.2. The van der Waals surface area contributed by atoms with Gasteiger partial charge in [-0.1, -0.05) is 6.92 Å². The molecule has 3 rings (SSSR count). The van der Waals surface area contributed by atoms with E-state index < -0.39 is 10.0 Å². The van der Waals surface area contributed by atoms with Crippen LogP contribution < -0.4 is 5.32 Å². The van der Waals surface area contributed by atoms with Crippen molar-refractivity contribution in [1.82, 2.24) is 13.7 Å². The monoisotopic (exact) mass is 314 g/mol. The lowest BCUT2D eigenvalue weighted by molar-refractivity contribution is 0.461. The fourth-order valence-corrected chi connectivity index (χ4v) is 4.55. The van der Waals surface area contributed by atoms with Gasteiger partial charge in [0.15, 0.2) is 15.8 Å². The van der Waals surface area contributed by atoms with Crippen LogP contribution in [-0.2, 0) is 10.0 Å². The first-order valence-electron chi connectivity index (χ1n) is 6.73. The van der Waals surface area contributed by atoms with Crippen LogP contribution in [0.15, 0.2) is 16.6 Å². The van der Waals surface area contributed by atoms with Gasteiger partial charge < -0.3 is 5.32 Å². The van der Waals surface area contributed by atoms with E-state index in [1.807, 2.05) is 12.3 Å². The van der Waals surface area contributed by atoms with Crippen molar-refractivity contribution in [3.05, 3.63) is 11.6 Å². The molecule has 0 saturated heterocycles. The van der Waals surface area contributed by atoms with Gasteiger partial charge in [0.25, 0.3) is 10.0 Å². The van der Waals surface area contributed by atoms with Gasteiger partial charge in [0, 0.05) is 31.2 Å². The predicted molar refractivity (Wildman–Crippen MR) is 79.8 cm³/mol. The summed E-state index contributed by atoms with van der Waals surface area (Å²) in [4.78, 5) is 5.10. The largest absolute Gasteiger partial charge is 0.368 e. The van der Waals surface area contributed by atoms with Gasteiger partial charge in [-0.25, -0.2) is 13.4 Å². The van der Waals surface area contributed by atoms with Crippen molar-refractivity contribution >= 4 is 32.1 Å². The SMILES string of the molecule is CCCNc1nc2sccn2c1S(=O)(=O)N(C)C1CC1. The number of imidazole rings is 1. The molecule has 0 bridgehead atoms. The molecule has 1 N–H and O–H groups in total. The molecule has 2 aromatic rings. The van der Waals surface area contributed by atoms with E-state index in [1.165, 1.54) is 15.6 Å². The van der Waals surface area contributed by atoms with Crippen molar-refractivity contribution in [3.63, 3.8) is 0 Å². The Bertz CT molecular complexity index is 715. The van der Waals surface area contributed by atoms with Gasteiger partial charge in [0.2, 0.25) is 0 Å². The molecule has 0 aromatic carbocycles. The van der Waals surface area contributed by atoms with E-state index in [2.05, 4.69) is 10.3 Å². The van der Waals surface area contributed by atoms with Crippen LogP contribution in [0.5, 0.6) is 0 Å². The molecule has 0 aliphatic heterocycles. The van der Waals surface area contributed by atoms with Gasteiger partial charge in [0.05, 0.1) is 0 Å². The summed E-state index contributed by atoms with van der Waals surface area (Å²) in [5.74, 6) is 0.464. The lowest BCUT2D eigenvalue weighted by Gasteiger charge is -2.16. The Morgan fingerprint density at radius 3 is 2.95 bits per heavy atom. The van der Waals surface area contributed by atoms with Crippen LogP contribution in [0.1, 0.15) is 26.2 Å². The Balaban J connectivity index is 2.09. The minimum atomic E-state index is -3.51. The maximum atomic E-state index is 12.8. The molecule has 8 heteroatoms. The van der Waals surface area contributed by atoms with Gasteiger partial charge in [-0.3, -0.25) is 4.40 Å². The standard InChI is InChI=1S/C12H18N4O2S2/c1-3-6-13-10-11(16-7-8-19-12(16)14-10)20(17,18)15(2)9-4-5-9/h7-9,13H,3-6H2,1-2H3. The lowest BCUT2D eigenvalue weighted by Crippen LogP contribution is -2.30. The molecular weight excluding hydrogens is 296 g/mol. The molecule has 0 spiro atoms. The van der Waals surface area contributed by atoms with E-state index in [1.54, 1.807) is 17.6 Å². The molecule has 1 aliphatic carbocycles. The minimum absolute atomic E-state index is 0.142. The number of fused-ring (bicyclic) bond motifs is 1. The molecule has 6 nitrogen and oxygen atoms in total. The quantitative estimate of drug-likeness (QED) is 0.885. The highest BCUT2D eigenvalue weighted by Crippen LogP contribution is 2.34. The van der Waals surface area contributed by atoms with Gasteiger partial charge in [0.1, 0.15) is 0 Å². The Hall–Kier alpha value is -1.12. The smallest absolute Gasteiger partial charge is 0.262 e. The molecule has 2 heterocycles. The van der Waals surface area contributed by atoms with Crippen LogP contribution in [0.3, 0.4) is 0 Å². The molecule has 0 radical (unpaired) electrons. The number of nitrogens with zero attached hydrogens (tertiary/aromatic N) is 3. The highest BCUT2D eigenvalue weighted by Gasteiger charge is 2.38. The summed E-state index contributed by atoms with van der Waals surface area (Å²) in [5.41, 5.74) is 0. The van der Waals surface area contributed by atoms with Crippen molar-refractivity contribution in [2.24, 2.45) is 0 Å².